The second-order valence-electron chi connectivity index (χ2n) is 4.88. The Morgan fingerprint density at radius 2 is 2.25 bits per heavy atom. The van der Waals surface area contributed by atoms with Gasteiger partial charge in [0.2, 0.25) is 0 Å². The quantitative estimate of drug-likeness (QED) is 0.883. The van der Waals surface area contributed by atoms with Crippen molar-refractivity contribution in [3.05, 3.63) is 50.7 Å². The summed E-state index contributed by atoms with van der Waals surface area (Å²) in [7, 11) is 0. The van der Waals surface area contributed by atoms with Gasteiger partial charge in [-0.05, 0) is 54.5 Å². The Morgan fingerprint density at radius 3 is 3.05 bits per heavy atom. The molecule has 0 saturated heterocycles. The third kappa shape index (κ3) is 2.53. The van der Waals surface area contributed by atoms with E-state index in [1.807, 2.05) is 0 Å². The van der Waals surface area contributed by atoms with Crippen molar-refractivity contribution in [2.45, 2.75) is 25.3 Å². The third-order valence-corrected chi connectivity index (χ3v) is 4.79. The average Bonchev–Trinajstić information content (AvgIpc) is 2.87. The Labute approximate surface area is 126 Å². The van der Waals surface area contributed by atoms with Gasteiger partial charge >= 0.3 is 0 Å². The number of amides is 1. The molecular weight excluding hydrogens is 294 g/mol. The van der Waals surface area contributed by atoms with Crippen LogP contribution in [-0.4, -0.2) is 11.0 Å². The highest BCUT2D eigenvalue weighted by atomic mass is 35.5. The van der Waals surface area contributed by atoms with E-state index in [1.165, 1.54) is 16.5 Å². The summed E-state index contributed by atoms with van der Waals surface area (Å²) in [5.74, 6) is -0.348. The van der Waals surface area contributed by atoms with Crippen LogP contribution in [-0.2, 0) is 6.42 Å². The molecule has 0 fully saturated rings. The predicted molar refractivity (Wildman–Crippen MR) is 80.6 cm³/mol. The van der Waals surface area contributed by atoms with Gasteiger partial charge in [0.15, 0.2) is 0 Å². The molecule has 2 aromatic rings. The molecule has 1 aromatic carbocycles. The molecule has 1 heterocycles. The molecule has 1 aliphatic rings. The molecule has 1 amide bonds. The lowest BCUT2D eigenvalue weighted by molar-refractivity contribution is 0.0930. The summed E-state index contributed by atoms with van der Waals surface area (Å²) in [5.41, 5.74) is 1.47. The first-order valence-electron chi connectivity index (χ1n) is 6.51. The summed E-state index contributed by atoms with van der Waals surface area (Å²) in [6.07, 6.45) is 3.10. The molecule has 1 atom stereocenters. The van der Waals surface area contributed by atoms with Gasteiger partial charge in [0.05, 0.1) is 11.6 Å². The molecule has 0 spiro atoms. The number of nitrogens with one attached hydrogen (secondary N) is 1. The van der Waals surface area contributed by atoms with E-state index in [2.05, 4.69) is 16.8 Å². The molecule has 5 heteroatoms. The van der Waals surface area contributed by atoms with E-state index in [-0.39, 0.29) is 23.3 Å². The van der Waals surface area contributed by atoms with Crippen molar-refractivity contribution in [2.24, 2.45) is 0 Å². The van der Waals surface area contributed by atoms with E-state index >= 15 is 0 Å². The Morgan fingerprint density at radius 1 is 1.40 bits per heavy atom. The molecule has 1 aliphatic carbocycles. The van der Waals surface area contributed by atoms with Crippen LogP contribution >= 0.6 is 22.9 Å². The molecule has 3 rings (SSSR count). The van der Waals surface area contributed by atoms with Gasteiger partial charge in [-0.3, -0.25) is 4.79 Å². The number of phenols is 1. The molecule has 1 unspecified atom stereocenters. The van der Waals surface area contributed by atoms with Crippen molar-refractivity contribution < 1.29 is 9.90 Å². The molecule has 1 aromatic heterocycles. The number of thiophene rings is 1. The predicted octanol–water partition coefficient (Wildman–Crippen LogP) is 3.91. The summed E-state index contributed by atoms with van der Waals surface area (Å²) in [6, 6.07) is 6.64. The van der Waals surface area contributed by atoms with Crippen LogP contribution in [0.5, 0.6) is 5.75 Å². The van der Waals surface area contributed by atoms with Gasteiger partial charge in [0, 0.05) is 9.90 Å². The lowest BCUT2D eigenvalue weighted by Gasteiger charge is -2.23. The summed E-state index contributed by atoms with van der Waals surface area (Å²) in [4.78, 5) is 13.6. The van der Waals surface area contributed by atoms with E-state index in [1.54, 1.807) is 23.5 Å². The van der Waals surface area contributed by atoms with Crippen LogP contribution in [0.2, 0.25) is 5.02 Å². The second-order valence-corrected chi connectivity index (χ2v) is 6.32. The summed E-state index contributed by atoms with van der Waals surface area (Å²) < 4.78 is 0. The van der Waals surface area contributed by atoms with Gasteiger partial charge in [0.1, 0.15) is 5.75 Å². The number of rotatable bonds is 2. The Kier molecular flexibility index (Phi) is 3.68. The number of carbonyl (C=O) groups is 1. The van der Waals surface area contributed by atoms with E-state index in [4.69, 9.17) is 11.6 Å². The number of fused-ring (bicyclic) bond motifs is 1. The van der Waals surface area contributed by atoms with E-state index in [9.17, 15) is 9.90 Å². The van der Waals surface area contributed by atoms with Crippen LogP contribution < -0.4 is 5.32 Å². The van der Waals surface area contributed by atoms with Crippen LogP contribution in [0.3, 0.4) is 0 Å². The zero-order valence-corrected chi connectivity index (χ0v) is 12.3. The maximum atomic E-state index is 12.3. The number of hydrogen-bond acceptors (Lipinski definition) is 3. The van der Waals surface area contributed by atoms with Gasteiger partial charge < -0.3 is 10.4 Å². The maximum Gasteiger partial charge on any atom is 0.255 e. The lowest BCUT2D eigenvalue weighted by Crippen LogP contribution is -2.30. The van der Waals surface area contributed by atoms with Crippen molar-refractivity contribution in [3.8, 4) is 5.75 Å². The molecule has 0 aliphatic heterocycles. The highest BCUT2D eigenvalue weighted by Gasteiger charge is 2.24. The standard InChI is InChI=1S/C15H14ClNO2S/c16-9-4-5-11(13(18)8-9)15(19)17-12-2-1-3-14-10(12)6-7-20-14/h4-8,12,18H,1-3H2,(H,17,19). The normalized spacial score (nSPS) is 17.6. The highest BCUT2D eigenvalue weighted by Crippen LogP contribution is 2.33. The molecule has 104 valence electrons. The van der Waals surface area contributed by atoms with Gasteiger partial charge in [-0.2, -0.15) is 0 Å². The molecule has 0 bridgehead atoms. The zero-order chi connectivity index (χ0) is 14.1. The second kappa shape index (κ2) is 5.46. The number of hydrogen-bond donors (Lipinski definition) is 2. The van der Waals surface area contributed by atoms with Crippen LogP contribution in [0.1, 0.15) is 39.7 Å². The van der Waals surface area contributed by atoms with Crippen molar-refractivity contribution >= 4 is 28.8 Å². The molecule has 3 nitrogen and oxygen atoms in total. The van der Waals surface area contributed by atoms with Crippen molar-refractivity contribution in [1.29, 1.82) is 0 Å². The summed E-state index contributed by atoms with van der Waals surface area (Å²) >= 11 is 7.51. The maximum absolute atomic E-state index is 12.3. The van der Waals surface area contributed by atoms with E-state index in [0.29, 0.717) is 5.02 Å². The number of phenolic OH excluding ortho intramolecular Hbond substituents is 1. The van der Waals surface area contributed by atoms with Crippen LogP contribution in [0.15, 0.2) is 29.6 Å². The minimum absolute atomic E-state index is 0.0348. The Bertz CT molecular complexity index is 653. The van der Waals surface area contributed by atoms with Crippen molar-refractivity contribution in [3.63, 3.8) is 0 Å². The van der Waals surface area contributed by atoms with Gasteiger partial charge in [-0.1, -0.05) is 11.6 Å². The number of carbonyl (C=O) groups excluding carboxylic acids is 1. The first-order chi connectivity index (χ1) is 9.65. The van der Waals surface area contributed by atoms with Gasteiger partial charge in [-0.25, -0.2) is 0 Å². The zero-order valence-electron chi connectivity index (χ0n) is 10.7. The fourth-order valence-electron chi connectivity index (χ4n) is 2.57. The molecular formula is C15H14ClNO2S. The average molecular weight is 308 g/mol. The van der Waals surface area contributed by atoms with E-state index < -0.39 is 0 Å². The summed E-state index contributed by atoms with van der Waals surface area (Å²) in [5, 5.41) is 15.3. The fraction of sp³-hybridized carbons (Fsp3) is 0.267. The van der Waals surface area contributed by atoms with Crippen LogP contribution in [0.4, 0.5) is 0 Å². The minimum atomic E-state index is -0.261. The monoisotopic (exact) mass is 307 g/mol. The van der Waals surface area contributed by atoms with Crippen LogP contribution in [0, 0.1) is 0 Å². The van der Waals surface area contributed by atoms with E-state index in [0.717, 1.165) is 19.3 Å². The number of aryl methyl sites for hydroxylation is 1. The molecule has 0 radical (unpaired) electrons. The number of aromatic hydroxyl groups is 1. The fourth-order valence-corrected chi connectivity index (χ4v) is 3.72. The Balaban J connectivity index is 1.81. The summed E-state index contributed by atoms with van der Waals surface area (Å²) in [6.45, 7) is 0. The lowest BCUT2D eigenvalue weighted by atomic mass is 9.94. The smallest absolute Gasteiger partial charge is 0.255 e. The van der Waals surface area contributed by atoms with Crippen LogP contribution in [0.25, 0.3) is 0 Å². The highest BCUT2D eigenvalue weighted by molar-refractivity contribution is 7.10. The molecule has 2 N–H and O–H groups in total. The first-order valence-corrected chi connectivity index (χ1v) is 7.76. The first kappa shape index (κ1) is 13.5. The topological polar surface area (TPSA) is 49.3 Å². The van der Waals surface area contributed by atoms with Gasteiger partial charge in [0.25, 0.3) is 5.91 Å². The minimum Gasteiger partial charge on any atom is -0.507 e. The largest absolute Gasteiger partial charge is 0.507 e. The van der Waals surface area contributed by atoms with Gasteiger partial charge in [-0.15, -0.1) is 11.3 Å². The molecule has 20 heavy (non-hydrogen) atoms. The Hall–Kier alpha value is -1.52. The SMILES string of the molecule is O=C(NC1CCCc2sccc21)c1ccc(Cl)cc1O. The number of benzene rings is 1. The molecule has 0 saturated carbocycles. The van der Waals surface area contributed by atoms with Crippen molar-refractivity contribution in [1.82, 2.24) is 5.32 Å². The number of halogens is 1. The third-order valence-electron chi connectivity index (χ3n) is 3.56. The van der Waals surface area contributed by atoms with Crippen molar-refractivity contribution in [2.75, 3.05) is 0 Å².